The maximum absolute atomic E-state index is 4.92. The maximum atomic E-state index is 4.92. The summed E-state index contributed by atoms with van der Waals surface area (Å²) in [5.41, 5.74) is 7.22. The van der Waals surface area contributed by atoms with E-state index in [0.717, 1.165) is 10.5 Å². The van der Waals surface area contributed by atoms with Crippen molar-refractivity contribution < 1.29 is 4.57 Å². The molecule has 150 valence electrons. The van der Waals surface area contributed by atoms with Crippen molar-refractivity contribution in [2.24, 2.45) is 7.05 Å². The van der Waals surface area contributed by atoms with Crippen LogP contribution in [0.2, 0.25) is 0 Å². The molecule has 5 rings (SSSR count). The smallest absolute Gasteiger partial charge is 0.236 e. The van der Waals surface area contributed by atoms with Crippen molar-refractivity contribution in [1.82, 2.24) is 9.55 Å². The van der Waals surface area contributed by atoms with E-state index in [-0.39, 0.29) is 5.54 Å². The van der Waals surface area contributed by atoms with Crippen LogP contribution in [-0.2, 0) is 12.6 Å². The van der Waals surface area contributed by atoms with Crippen LogP contribution < -0.4 is 4.57 Å². The molecule has 0 saturated heterocycles. The van der Waals surface area contributed by atoms with Gasteiger partial charge in [-0.2, -0.15) is 0 Å². The second-order valence-corrected chi connectivity index (χ2v) is 9.93. The standard InChI is InChI=1S/C26H26N3S/c1-17-15-20-23(30-24(27-20)18-11-7-6-8-12-18)16-19(17)25-28(5)21-13-9-10-14-22(21)29(25)26(2,3)4/h6-16H,1-5H3/q+1. The molecule has 2 heterocycles. The molecule has 0 spiro atoms. The Kier molecular flexibility index (Phi) is 4.30. The number of fused-ring (bicyclic) bond motifs is 2. The predicted molar refractivity (Wildman–Crippen MR) is 127 cm³/mol. The lowest BCUT2D eigenvalue weighted by atomic mass is 10.0. The summed E-state index contributed by atoms with van der Waals surface area (Å²) in [7, 11) is 2.17. The number of para-hydroxylation sites is 2. The van der Waals surface area contributed by atoms with Gasteiger partial charge in [0.2, 0.25) is 0 Å². The summed E-state index contributed by atoms with van der Waals surface area (Å²) in [6.45, 7) is 9.02. The Bertz CT molecular complexity index is 1390. The zero-order chi connectivity index (χ0) is 21.0. The third kappa shape index (κ3) is 2.94. The van der Waals surface area contributed by atoms with Gasteiger partial charge < -0.3 is 0 Å². The van der Waals surface area contributed by atoms with Crippen LogP contribution in [0.1, 0.15) is 26.3 Å². The maximum Gasteiger partial charge on any atom is 0.290 e. The number of rotatable bonds is 2. The number of hydrogen-bond donors (Lipinski definition) is 0. The quantitative estimate of drug-likeness (QED) is 0.304. The molecule has 0 unspecified atom stereocenters. The van der Waals surface area contributed by atoms with Crippen LogP contribution in [0.3, 0.4) is 0 Å². The molecule has 0 bridgehead atoms. The molecule has 0 aliphatic rings. The lowest BCUT2D eigenvalue weighted by Gasteiger charge is -2.19. The van der Waals surface area contributed by atoms with Crippen molar-refractivity contribution in [3.8, 4) is 22.0 Å². The fourth-order valence-corrected chi connectivity index (χ4v) is 5.31. The molecule has 4 heteroatoms. The van der Waals surface area contributed by atoms with Crippen LogP contribution in [0.4, 0.5) is 0 Å². The zero-order valence-corrected chi connectivity index (χ0v) is 18.9. The Morgan fingerprint density at radius 2 is 1.63 bits per heavy atom. The molecular weight excluding hydrogens is 386 g/mol. The van der Waals surface area contributed by atoms with Crippen LogP contribution in [0.15, 0.2) is 66.7 Å². The molecule has 0 aliphatic heterocycles. The monoisotopic (exact) mass is 412 g/mol. The van der Waals surface area contributed by atoms with Gasteiger partial charge in [0.25, 0.3) is 5.82 Å². The Balaban J connectivity index is 1.79. The van der Waals surface area contributed by atoms with Crippen molar-refractivity contribution in [3.63, 3.8) is 0 Å². The molecule has 0 amide bonds. The second-order valence-electron chi connectivity index (χ2n) is 8.90. The largest absolute Gasteiger partial charge is 0.290 e. The van der Waals surface area contributed by atoms with Crippen LogP contribution in [0.25, 0.3) is 43.2 Å². The Morgan fingerprint density at radius 3 is 2.37 bits per heavy atom. The molecule has 3 nitrogen and oxygen atoms in total. The highest BCUT2D eigenvalue weighted by atomic mass is 32.1. The van der Waals surface area contributed by atoms with Crippen LogP contribution in [0, 0.1) is 6.92 Å². The molecule has 30 heavy (non-hydrogen) atoms. The van der Waals surface area contributed by atoms with Gasteiger partial charge in [0.05, 0.1) is 22.8 Å². The van der Waals surface area contributed by atoms with Crippen LogP contribution in [-0.4, -0.2) is 9.55 Å². The second kappa shape index (κ2) is 6.78. The molecule has 0 fully saturated rings. The lowest BCUT2D eigenvalue weighted by molar-refractivity contribution is -0.634. The minimum absolute atomic E-state index is 0.0412. The first-order valence-corrected chi connectivity index (χ1v) is 11.1. The Hall–Kier alpha value is -2.98. The molecule has 0 saturated carbocycles. The first kappa shape index (κ1) is 19.0. The molecule has 0 N–H and O–H groups in total. The van der Waals surface area contributed by atoms with Gasteiger partial charge >= 0.3 is 0 Å². The minimum atomic E-state index is -0.0412. The SMILES string of the molecule is Cc1cc2nc(-c3ccccc3)sc2cc1-c1n(C(C)(C)C)c2ccccc2[n+]1C. The van der Waals surface area contributed by atoms with E-state index in [4.69, 9.17) is 4.98 Å². The predicted octanol–water partition coefficient (Wildman–Crippen LogP) is 6.47. The van der Waals surface area contributed by atoms with Gasteiger partial charge in [0, 0.05) is 5.56 Å². The van der Waals surface area contributed by atoms with Crippen molar-refractivity contribution in [2.45, 2.75) is 33.2 Å². The average Bonchev–Trinajstić information content (AvgIpc) is 3.26. The van der Waals surface area contributed by atoms with Crippen molar-refractivity contribution in [1.29, 1.82) is 0 Å². The van der Waals surface area contributed by atoms with E-state index in [1.165, 1.54) is 38.2 Å². The summed E-state index contributed by atoms with van der Waals surface area (Å²) in [5, 5.41) is 1.07. The number of hydrogen-bond acceptors (Lipinski definition) is 2. The fourth-order valence-electron chi connectivity index (χ4n) is 4.32. The third-order valence-electron chi connectivity index (χ3n) is 5.68. The molecule has 0 radical (unpaired) electrons. The van der Waals surface area contributed by atoms with Gasteiger partial charge in [-0.15, -0.1) is 11.3 Å². The van der Waals surface area contributed by atoms with Crippen molar-refractivity contribution in [2.75, 3.05) is 0 Å². The minimum Gasteiger partial charge on any atom is -0.236 e. The third-order valence-corrected chi connectivity index (χ3v) is 6.75. The number of thiazole rings is 1. The van der Waals surface area contributed by atoms with E-state index in [0.29, 0.717) is 0 Å². The Morgan fingerprint density at radius 1 is 0.933 bits per heavy atom. The molecule has 3 aromatic carbocycles. The van der Waals surface area contributed by atoms with E-state index in [2.05, 4.69) is 105 Å². The van der Waals surface area contributed by atoms with Gasteiger partial charge in [0.15, 0.2) is 11.0 Å². The first-order chi connectivity index (χ1) is 14.3. The molecule has 0 atom stereocenters. The Labute approximate surface area is 181 Å². The van der Waals surface area contributed by atoms with Gasteiger partial charge in [-0.3, -0.25) is 0 Å². The highest BCUT2D eigenvalue weighted by molar-refractivity contribution is 7.21. The summed E-state index contributed by atoms with van der Waals surface area (Å²) < 4.78 is 6.02. The van der Waals surface area contributed by atoms with Gasteiger partial charge in [-0.05, 0) is 57.5 Å². The molecule has 5 aromatic rings. The van der Waals surface area contributed by atoms with E-state index in [1.807, 2.05) is 6.07 Å². The van der Waals surface area contributed by atoms with E-state index in [9.17, 15) is 0 Å². The van der Waals surface area contributed by atoms with Crippen LogP contribution >= 0.6 is 11.3 Å². The van der Waals surface area contributed by atoms with E-state index in [1.54, 1.807) is 11.3 Å². The van der Waals surface area contributed by atoms with Crippen LogP contribution in [0.5, 0.6) is 0 Å². The lowest BCUT2D eigenvalue weighted by Crippen LogP contribution is -2.33. The first-order valence-electron chi connectivity index (χ1n) is 10.3. The molecular formula is C26H26N3S+. The number of benzene rings is 3. The molecule has 2 aromatic heterocycles. The highest BCUT2D eigenvalue weighted by Gasteiger charge is 2.33. The summed E-state index contributed by atoms with van der Waals surface area (Å²) in [6, 6.07) is 23.7. The van der Waals surface area contributed by atoms with E-state index < -0.39 is 0 Å². The van der Waals surface area contributed by atoms with Crippen molar-refractivity contribution in [3.05, 3.63) is 72.3 Å². The van der Waals surface area contributed by atoms with E-state index >= 15 is 0 Å². The van der Waals surface area contributed by atoms with Gasteiger partial charge in [-0.25, -0.2) is 14.1 Å². The van der Waals surface area contributed by atoms with Crippen molar-refractivity contribution >= 4 is 32.6 Å². The number of nitrogens with zero attached hydrogens (tertiary/aromatic N) is 3. The summed E-state index contributed by atoms with van der Waals surface area (Å²) in [6.07, 6.45) is 0. The van der Waals surface area contributed by atoms with Gasteiger partial charge in [-0.1, -0.05) is 42.5 Å². The number of aromatic nitrogens is 3. The number of aryl methyl sites for hydroxylation is 2. The fraction of sp³-hybridized carbons (Fsp3) is 0.231. The number of imidazole rings is 1. The average molecular weight is 413 g/mol. The van der Waals surface area contributed by atoms with Gasteiger partial charge in [0.1, 0.15) is 10.5 Å². The summed E-state index contributed by atoms with van der Waals surface area (Å²) in [5.74, 6) is 1.23. The summed E-state index contributed by atoms with van der Waals surface area (Å²) >= 11 is 1.76. The normalized spacial score (nSPS) is 12.2. The summed E-state index contributed by atoms with van der Waals surface area (Å²) in [4.78, 5) is 4.92. The highest BCUT2D eigenvalue weighted by Crippen LogP contribution is 2.36. The topological polar surface area (TPSA) is 21.7 Å². The zero-order valence-electron chi connectivity index (χ0n) is 18.1. The molecule has 0 aliphatic carbocycles.